The van der Waals surface area contributed by atoms with E-state index < -0.39 is 5.97 Å². The molecule has 1 unspecified atom stereocenters. The van der Waals surface area contributed by atoms with Crippen LogP contribution in [0.1, 0.15) is 23.0 Å². The van der Waals surface area contributed by atoms with E-state index in [1.165, 1.54) is 6.20 Å². The Hall–Kier alpha value is -1.86. The molecule has 15 heavy (non-hydrogen) atoms. The van der Waals surface area contributed by atoms with Crippen LogP contribution in [0.5, 0.6) is 0 Å². The van der Waals surface area contributed by atoms with Gasteiger partial charge in [0.25, 0.3) is 0 Å². The maximum absolute atomic E-state index is 10.8. The van der Waals surface area contributed by atoms with E-state index in [1.807, 2.05) is 0 Å². The molecule has 78 valence electrons. The number of rotatable bonds is 4. The van der Waals surface area contributed by atoms with Gasteiger partial charge in [0, 0.05) is 11.8 Å². The van der Waals surface area contributed by atoms with Crippen LogP contribution < -0.4 is 0 Å². The molecule has 0 aliphatic heterocycles. The standard InChI is InChI=1S/C11H11NO3/c1-3-8(2)15-7-9-5-4-6-12-10(9)11(13)14/h1,4-6,8H,7H2,2H3,(H,13,14). The predicted molar refractivity (Wildman–Crippen MR) is 54.3 cm³/mol. The highest BCUT2D eigenvalue weighted by Gasteiger charge is 2.11. The molecule has 1 heterocycles. The number of terminal acetylenes is 1. The summed E-state index contributed by atoms with van der Waals surface area (Å²) in [7, 11) is 0. The monoisotopic (exact) mass is 205 g/mol. The Balaban J connectivity index is 2.77. The molecule has 0 aromatic carbocycles. The Labute approximate surface area is 87.9 Å². The van der Waals surface area contributed by atoms with Crippen molar-refractivity contribution >= 4 is 5.97 Å². The summed E-state index contributed by atoms with van der Waals surface area (Å²) in [5, 5.41) is 8.83. The van der Waals surface area contributed by atoms with Gasteiger partial charge in [0.15, 0.2) is 5.69 Å². The third-order valence-electron chi connectivity index (χ3n) is 1.82. The molecule has 1 aromatic rings. The molecular weight excluding hydrogens is 194 g/mol. The number of aromatic nitrogens is 1. The van der Waals surface area contributed by atoms with E-state index in [9.17, 15) is 4.79 Å². The molecule has 1 N–H and O–H groups in total. The van der Waals surface area contributed by atoms with Crippen LogP contribution >= 0.6 is 0 Å². The maximum atomic E-state index is 10.8. The third-order valence-corrected chi connectivity index (χ3v) is 1.82. The molecule has 1 rings (SSSR count). The molecule has 0 saturated heterocycles. The first-order valence-electron chi connectivity index (χ1n) is 4.40. The predicted octanol–water partition coefficient (Wildman–Crippen LogP) is 1.32. The van der Waals surface area contributed by atoms with E-state index in [4.69, 9.17) is 16.3 Å². The van der Waals surface area contributed by atoms with Gasteiger partial charge in [0.2, 0.25) is 0 Å². The van der Waals surface area contributed by atoms with Crippen LogP contribution in [0.15, 0.2) is 18.3 Å². The van der Waals surface area contributed by atoms with Crippen molar-refractivity contribution < 1.29 is 14.6 Å². The lowest BCUT2D eigenvalue weighted by atomic mass is 10.2. The minimum absolute atomic E-state index is 0.00159. The first-order chi connectivity index (χ1) is 7.15. The Kier molecular flexibility index (Phi) is 3.83. The summed E-state index contributed by atoms with van der Waals surface area (Å²) in [6.07, 6.45) is 6.21. The summed E-state index contributed by atoms with van der Waals surface area (Å²) in [5.74, 6) is 1.33. The zero-order chi connectivity index (χ0) is 11.3. The second-order valence-corrected chi connectivity index (χ2v) is 2.94. The van der Waals surface area contributed by atoms with Gasteiger partial charge in [-0.25, -0.2) is 9.78 Å². The molecule has 4 heteroatoms. The van der Waals surface area contributed by atoms with Crippen molar-refractivity contribution in [2.45, 2.75) is 19.6 Å². The second kappa shape index (κ2) is 5.13. The lowest BCUT2D eigenvalue weighted by Crippen LogP contribution is -2.10. The molecule has 0 amide bonds. The minimum atomic E-state index is -1.07. The van der Waals surface area contributed by atoms with E-state index >= 15 is 0 Å². The van der Waals surface area contributed by atoms with Gasteiger partial charge in [0.05, 0.1) is 6.61 Å². The fraction of sp³-hybridized carbons (Fsp3) is 0.273. The fourth-order valence-corrected chi connectivity index (χ4v) is 1.01. The van der Waals surface area contributed by atoms with Crippen molar-refractivity contribution in [1.29, 1.82) is 0 Å². The van der Waals surface area contributed by atoms with Crippen LogP contribution in [-0.2, 0) is 11.3 Å². The van der Waals surface area contributed by atoms with E-state index in [2.05, 4.69) is 10.9 Å². The van der Waals surface area contributed by atoms with Crippen molar-refractivity contribution in [3.05, 3.63) is 29.6 Å². The van der Waals surface area contributed by atoms with Crippen LogP contribution in [0.25, 0.3) is 0 Å². The first-order valence-corrected chi connectivity index (χ1v) is 4.40. The fourth-order valence-electron chi connectivity index (χ4n) is 1.01. The van der Waals surface area contributed by atoms with Gasteiger partial charge in [-0.2, -0.15) is 0 Å². The lowest BCUT2D eigenvalue weighted by Gasteiger charge is -2.08. The van der Waals surface area contributed by atoms with Gasteiger partial charge in [0.1, 0.15) is 6.10 Å². The summed E-state index contributed by atoms with van der Waals surface area (Å²) in [6.45, 7) is 1.87. The lowest BCUT2D eigenvalue weighted by molar-refractivity contribution is 0.0667. The van der Waals surface area contributed by atoms with E-state index in [1.54, 1.807) is 19.1 Å². The van der Waals surface area contributed by atoms with E-state index in [-0.39, 0.29) is 18.4 Å². The maximum Gasteiger partial charge on any atom is 0.354 e. The first kappa shape index (κ1) is 11.2. The summed E-state index contributed by atoms with van der Waals surface area (Å²) in [6, 6.07) is 3.31. The number of hydrogen-bond acceptors (Lipinski definition) is 3. The summed E-state index contributed by atoms with van der Waals surface area (Å²) in [4.78, 5) is 14.5. The van der Waals surface area contributed by atoms with Gasteiger partial charge < -0.3 is 9.84 Å². The highest BCUT2D eigenvalue weighted by atomic mass is 16.5. The molecule has 0 fully saturated rings. The number of carboxylic acid groups (broad SMARTS) is 1. The molecular formula is C11H11NO3. The third kappa shape index (κ3) is 3.08. The topological polar surface area (TPSA) is 59.4 Å². The largest absolute Gasteiger partial charge is 0.477 e. The quantitative estimate of drug-likeness (QED) is 0.753. The molecule has 4 nitrogen and oxygen atoms in total. The van der Waals surface area contributed by atoms with E-state index in [0.717, 1.165) is 0 Å². The molecule has 1 atom stereocenters. The van der Waals surface area contributed by atoms with Gasteiger partial charge in [-0.3, -0.25) is 0 Å². The Morgan fingerprint density at radius 2 is 2.53 bits per heavy atom. The van der Waals surface area contributed by atoms with Gasteiger partial charge in [-0.1, -0.05) is 12.0 Å². The number of nitrogens with zero attached hydrogens (tertiary/aromatic N) is 1. The van der Waals surface area contributed by atoms with Crippen LogP contribution in [0.2, 0.25) is 0 Å². The Bertz CT molecular complexity index is 395. The zero-order valence-electron chi connectivity index (χ0n) is 8.30. The van der Waals surface area contributed by atoms with Crippen molar-refractivity contribution in [1.82, 2.24) is 4.98 Å². The molecule has 0 aliphatic carbocycles. The molecule has 0 radical (unpaired) electrons. The van der Waals surface area contributed by atoms with Crippen molar-refractivity contribution in [2.75, 3.05) is 0 Å². The van der Waals surface area contributed by atoms with Crippen LogP contribution in [0.3, 0.4) is 0 Å². The van der Waals surface area contributed by atoms with Gasteiger partial charge in [-0.15, -0.1) is 6.42 Å². The molecule has 0 aliphatic rings. The van der Waals surface area contributed by atoms with E-state index in [0.29, 0.717) is 5.56 Å². The SMILES string of the molecule is C#CC(C)OCc1cccnc1C(=O)O. The smallest absolute Gasteiger partial charge is 0.354 e. The average molecular weight is 205 g/mol. The van der Waals surface area contributed by atoms with Crippen LogP contribution in [0, 0.1) is 12.3 Å². The average Bonchev–Trinajstić information content (AvgIpc) is 2.26. The number of pyridine rings is 1. The van der Waals surface area contributed by atoms with Gasteiger partial charge >= 0.3 is 5.97 Å². The number of hydrogen-bond donors (Lipinski definition) is 1. The summed E-state index contributed by atoms with van der Waals surface area (Å²) in [5.41, 5.74) is 0.522. The zero-order valence-corrected chi connectivity index (χ0v) is 8.30. The van der Waals surface area contributed by atoms with Crippen LogP contribution in [-0.4, -0.2) is 22.2 Å². The molecule has 0 spiro atoms. The van der Waals surface area contributed by atoms with Gasteiger partial charge in [-0.05, 0) is 13.0 Å². The van der Waals surface area contributed by atoms with Crippen LogP contribution in [0.4, 0.5) is 0 Å². The number of carbonyl (C=O) groups is 1. The summed E-state index contributed by atoms with van der Waals surface area (Å²) < 4.78 is 5.23. The Morgan fingerprint density at radius 3 is 3.13 bits per heavy atom. The van der Waals surface area contributed by atoms with Crippen molar-refractivity contribution in [2.24, 2.45) is 0 Å². The Morgan fingerprint density at radius 1 is 1.80 bits per heavy atom. The second-order valence-electron chi connectivity index (χ2n) is 2.94. The summed E-state index contributed by atoms with van der Waals surface area (Å²) >= 11 is 0. The normalized spacial score (nSPS) is 11.7. The highest BCUT2D eigenvalue weighted by Crippen LogP contribution is 2.08. The number of aromatic carboxylic acids is 1. The molecule has 0 saturated carbocycles. The highest BCUT2D eigenvalue weighted by molar-refractivity contribution is 5.86. The molecule has 1 aromatic heterocycles. The number of ether oxygens (including phenoxy) is 1. The number of carboxylic acids is 1. The van der Waals surface area contributed by atoms with Crippen molar-refractivity contribution in [3.63, 3.8) is 0 Å². The van der Waals surface area contributed by atoms with Crippen molar-refractivity contribution in [3.8, 4) is 12.3 Å². The minimum Gasteiger partial charge on any atom is -0.477 e. The molecule has 0 bridgehead atoms.